The summed E-state index contributed by atoms with van der Waals surface area (Å²) in [5.74, 6) is 0. The van der Waals surface area contributed by atoms with Crippen LogP contribution in [-0.4, -0.2) is 14.1 Å². The molecule has 15 rings (SSSR count). The molecule has 10 aromatic carbocycles. The number of thiophene rings is 1. The van der Waals surface area contributed by atoms with Crippen LogP contribution >= 0.6 is 11.3 Å². The molecular formula is C63H38N4OS. The van der Waals surface area contributed by atoms with E-state index in [0.29, 0.717) is 0 Å². The molecular weight excluding hydrogens is 861 g/mol. The van der Waals surface area contributed by atoms with Crippen LogP contribution in [0.2, 0.25) is 0 Å². The third-order valence-corrected chi connectivity index (χ3v) is 15.3. The Morgan fingerprint density at radius 2 is 1.03 bits per heavy atom. The summed E-state index contributed by atoms with van der Waals surface area (Å²) < 4.78 is 13.7. The highest BCUT2D eigenvalue weighted by Crippen LogP contribution is 2.44. The minimum Gasteiger partial charge on any atom is -0.456 e. The Balaban J connectivity index is 0.878. The lowest BCUT2D eigenvalue weighted by atomic mass is 9.99. The molecule has 0 bridgehead atoms. The van der Waals surface area contributed by atoms with E-state index >= 15 is 0 Å². The summed E-state index contributed by atoms with van der Waals surface area (Å²) in [6, 6.07) is 79.5. The molecule has 0 atom stereocenters. The fourth-order valence-electron chi connectivity index (χ4n) is 11.0. The minimum atomic E-state index is 0.908. The maximum Gasteiger partial charge on any atom is 0.136 e. The zero-order valence-corrected chi connectivity index (χ0v) is 37.9. The molecule has 0 saturated carbocycles. The van der Waals surface area contributed by atoms with Gasteiger partial charge < -0.3 is 18.5 Å². The second-order valence-corrected chi connectivity index (χ2v) is 19.0. The third kappa shape index (κ3) is 5.79. The molecule has 5 heterocycles. The van der Waals surface area contributed by atoms with Gasteiger partial charge in [0, 0.05) is 93.3 Å². The van der Waals surface area contributed by atoms with E-state index in [1.807, 2.05) is 29.8 Å². The number of rotatable bonds is 6. The van der Waals surface area contributed by atoms with E-state index in [1.54, 1.807) is 0 Å². The molecule has 0 amide bonds. The smallest absolute Gasteiger partial charge is 0.136 e. The van der Waals surface area contributed by atoms with Gasteiger partial charge in [0.05, 0.1) is 22.1 Å². The largest absolute Gasteiger partial charge is 0.456 e. The van der Waals surface area contributed by atoms with Gasteiger partial charge in [0.25, 0.3) is 0 Å². The summed E-state index contributed by atoms with van der Waals surface area (Å²) >= 11 is 1.85. The second kappa shape index (κ2) is 14.8. The van der Waals surface area contributed by atoms with Crippen molar-refractivity contribution in [3.05, 3.63) is 231 Å². The number of para-hydroxylation sites is 3. The molecule has 0 aliphatic carbocycles. The van der Waals surface area contributed by atoms with Gasteiger partial charge in [-0.25, -0.2) is 0 Å². The average Bonchev–Trinajstić information content (AvgIpc) is 4.16. The summed E-state index contributed by atoms with van der Waals surface area (Å²) in [5, 5.41) is 12.0. The first-order chi connectivity index (χ1) is 34.2. The highest BCUT2D eigenvalue weighted by Gasteiger charge is 2.20. The van der Waals surface area contributed by atoms with E-state index in [0.717, 1.165) is 77.9 Å². The van der Waals surface area contributed by atoms with Gasteiger partial charge in [-0.1, -0.05) is 97.1 Å². The average molecular weight is 899 g/mol. The van der Waals surface area contributed by atoms with E-state index in [4.69, 9.17) is 4.42 Å². The molecule has 0 aliphatic rings. The zero-order chi connectivity index (χ0) is 45.2. The van der Waals surface area contributed by atoms with Crippen molar-refractivity contribution in [1.29, 1.82) is 0 Å². The molecule has 6 heteroatoms. The quantitative estimate of drug-likeness (QED) is 0.167. The van der Waals surface area contributed by atoms with Gasteiger partial charge in [0.15, 0.2) is 0 Å². The molecule has 69 heavy (non-hydrogen) atoms. The fraction of sp³-hybridized carbons (Fsp3) is 0. The molecule has 322 valence electrons. The van der Waals surface area contributed by atoms with Gasteiger partial charge in [0.1, 0.15) is 11.2 Å². The minimum absolute atomic E-state index is 0.908. The maximum absolute atomic E-state index is 6.36. The SMILES string of the molecule is c1ccc(-n2c3ccc(-c4ccc(N(c5ccc(-n6c7ccccc7c7cnccc76)cc5)c5ccc6sc7ccccc7c6c5)cc4)cc3c3cc4c(ccc5oc6ccccc6c54)cc32)cc1. The lowest BCUT2D eigenvalue weighted by Crippen LogP contribution is -2.10. The van der Waals surface area contributed by atoms with E-state index in [-0.39, 0.29) is 0 Å². The van der Waals surface area contributed by atoms with E-state index in [1.165, 1.54) is 58.1 Å². The lowest BCUT2D eigenvalue weighted by molar-refractivity contribution is 0.669. The van der Waals surface area contributed by atoms with E-state index in [2.05, 4.69) is 231 Å². The van der Waals surface area contributed by atoms with E-state index < -0.39 is 0 Å². The monoisotopic (exact) mass is 898 g/mol. The Bertz CT molecular complexity index is 4490. The molecule has 0 N–H and O–H groups in total. The number of nitrogens with zero attached hydrogens (tertiary/aromatic N) is 4. The lowest BCUT2D eigenvalue weighted by Gasteiger charge is -2.26. The van der Waals surface area contributed by atoms with Crippen molar-refractivity contribution >= 4 is 125 Å². The van der Waals surface area contributed by atoms with Crippen molar-refractivity contribution in [3.63, 3.8) is 0 Å². The van der Waals surface area contributed by atoms with Gasteiger partial charge >= 0.3 is 0 Å². The van der Waals surface area contributed by atoms with Crippen LogP contribution in [0.15, 0.2) is 235 Å². The number of hydrogen-bond acceptors (Lipinski definition) is 4. The second-order valence-electron chi connectivity index (χ2n) is 18.0. The van der Waals surface area contributed by atoms with Gasteiger partial charge in [0.2, 0.25) is 0 Å². The normalized spacial score (nSPS) is 12.1. The first-order valence-electron chi connectivity index (χ1n) is 23.3. The number of furan rings is 1. The zero-order valence-electron chi connectivity index (χ0n) is 37.0. The first-order valence-corrected chi connectivity index (χ1v) is 24.1. The van der Waals surface area contributed by atoms with Gasteiger partial charge in [-0.05, 0) is 143 Å². The predicted molar refractivity (Wildman–Crippen MR) is 291 cm³/mol. The fourth-order valence-corrected chi connectivity index (χ4v) is 12.1. The Labute approximate surface area is 399 Å². The Kier molecular flexibility index (Phi) is 8.17. The van der Waals surface area contributed by atoms with Crippen LogP contribution in [0.25, 0.3) is 119 Å². The molecule has 0 saturated heterocycles. The summed E-state index contributed by atoms with van der Waals surface area (Å²) in [5.41, 5.74) is 14.3. The highest BCUT2D eigenvalue weighted by molar-refractivity contribution is 7.25. The van der Waals surface area contributed by atoms with Crippen LogP contribution in [0, 0.1) is 0 Å². The first kappa shape index (κ1) is 38.2. The Morgan fingerprint density at radius 3 is 1.90 bits per heavy atom. The summed E-state index contributed by atoms with van der Waals surface area (Å²) in [6.07, 6.45) is 3.85. The molecule has 5 aromatic heterocycles. The summed E-state index contributed by atoms with van der Waals surface area (Å²) in [4.78, 5) is 6.86. The van der Waals surface area contributed by atoms with Crippen molar-refractivity contribution in [2.45, 2.75) is 0 Å². The molecule has 5 nitrogen and oxygen atoms in total. The topological polar surface area (TPSA) is 39.1 Å². The molecule has 0 spiro atoms. The molecule has 0 unspecified atom stereocenters. The predicted octanol–water partition coefficient (Wildman–Crippen LogP) is 17.8. The third-order valence-electron chi connectivity index (χ3n) is 14.2. The van der Waals surface area contributed by atoms with Crippen LogP contribution in [0.4, 0.5) is 17.1 Å². The maximum atomic E-state index is 6.36. The molecule has 0 radical (unpaired) electrons. The van der Waals surface area contributed by atoms with Crippen molar-refractivity contribution in [2.75, 3.05) is 4.90 Å². The number of hydrogen-bond donors (Lipinski definition) is 0. The van der Waals surface area contributed by atoms with Gasteiger partial charge in [-0.3, -0.25) is 4.98 Å². The number of fused-ring (bicyclic) bond motifs is 14. The van der Waals surface area contributed by atoms with Crippen molar-refractivity contribution in [3.8, 4) is 22.5 Å². The van der Waals surface area contributed by atoms with Crippen LogP contribution in [0.1, 0.15) is 0 Å². The molecule has 15 aromatic rings. The van der Waals surface area contributed by atoms with Gasteiger partial charge in [-0.15, -0.1) is 11.3 Å². The standard InChI is InChI=1S/C63H38N4OS/c1-2-10-42(11-3-1)67-56-29-20-40(34-51(56)52-37-50-41(35-58(52)67)21-30-60-63(50)49-14-5-8-16-59(49)68-60)39-18-22-43(23-19-39)65(46-28-31-62-53(36-46)48-13-6-9-17-61(48)69-62)44-24-26-45(27-25-44)66-55-15-7-4-12-47(55)54-38-64-33-32-57(54)66/h1-38H. The summed E-state index contributed by atoms with van der Waals surface area (Å²) in [7, 11) is 0. The van der Waals surface area contributed by atoms with E-state index in [9.17, 15) is 0 Å². The van der Waals surface area contributed by atoms with Crippen LogP contribution < -0.4 is 4.90 Å². The van der Waals surface area contributed by atoms with Gasteiger partial charge in [-0.2, -0.15) is 0 Å². The summed E-state index contributed by atoms with van der Waals surface area (Å²) in [6.45, 7) is 0. The number of pyridine rings is 1. The van der Waals surface area contributed by atoms with Crippen LogP contribution in [0.3, 0.4) is 0 Å². The van der Waals surface area contributed by atoms with Crippen LogP contribution in [0.5, 0.6) is 0 Å². The molecule has 0 fully saturated rings. The number of benzene rings is 10. The molecule has 0 aliphatic heterocycles. The Morgan fingerprint density at radius 1 is 0.377 bits per heavy atom. The number of anilines is 3. The van der Waals surface area contributed by atoms with Crippen molar-refractivity contribution < 1.29 is 4.42 Å². The van der Waals surface area contributed by atoms with Crippen molar-refractivity contribution in [1.82, 2.24) is 14.1 Å². The van der Waals surface area contributed by atoms with Crippen LogP contribution in [-0.2, 0) is 0 Å². The Hall–Kier alpha value is -8.97. The highest BCUT2D eigenvalue weighted by atomic mass is 32.1. The number of aromatic nitrogens is 3. The van der Waals surface area contributed by atoms with Crippen molar-refractivity contribution in [2.24, 2.45) is 0 Å².